The van der Waals surface area contributed by atoms with E-state index in [-0.39, 0.29) is 17.4 Å². The Hall–Kier alpha value is -4.26. The maximum absolute atomic E-state index is 13.6. The van der Waals surface area contributed by atoms with E-state index in [9.17, 15) is 14.4 Å². The predicted octanol–water partition coefficient (Wildman–Crippen LogP) is 4.14. The number of amides is 2. The van der Waals surface area contributed by atoms with Gasteiger partial charge in [-0.25, -0.2) is 4.98 Å². The van der Waals surface area contributed by atoms with Gasteiger partial charge in [0.25, 0.3) is 17.4 Å². The van der Waals surface area contributed by atoms with Gasteiger partial charge < -0.3 is 4.74 Å². The first-order valence-electron chi connectivity index (χ1n) is 10.7. The largest absolute Gasteiger partial charge is 0.497 e. The molecular formula is C26H21N3O4. The Kier molecular flexibility index (Phi) is 5.01. The normalized spacial score (nSPS) is 13.9. The summed E-state index contributed by atoms with van der Waals surface area (Å²) >= 11 is 0. The average molecular weight is 439 g/mol. The molecule has 2 heterocycles. The van der Waals surface area contributed by atoms with Crippen LogP contribution in [0.5, 0.6) is 5.75 Å². The molecule has 33 heavy (non-hydrogen) atoms. The summed E-state index contributed by atoms with van der Waals surface area (Å²) < 4.78 is 6.73. The van der Waals surface area contributed by atoms with Crippen molar-refractivity contribution >= 4 is 22.7 Å². The minimum Gasteiger partial charge on any atom is -0.497 e. The lowest BCUT2D eigenvalue weighted by Crippen LogP contribution is -2.38. The van der Waals surface area contributed by atoms with E-state index in [0.717, 1.165) is 0 Å². The van der Waals surface area contributed by atoms with Crippen LogP contribution in [-0.2, 0) is 0 Å². The van der Waals surface area contributed by atoms with Gasteiger partial charge in [0, 0.05) is 0 Å². The summed E-state index contributed by atoms with van der Waals surface area (Å²) in [4.78, 5) is 46.1. The first kappa shape index (κ1) is 20.6. The van der Waals surface area contributed by atoms with Crippen molar-refractivity contribution in [3.05, 3.63) is 100 Å². The van der Waals surface area contributed by atoms with E-state index in [4.69, 9.17) is 9.72 Å². The molecule has 1 aromatic heterocycles. The van der Waals surface area contributed by atoms with Crippen molar-refractivity contribution in [1.82, 2.24) is 14.5 Å². The SMILES string of the molecule is CC[C@H](c1nc2ccccc2c(=O)n1-c1ccc(OC)cc1)N1C(=O)c2ccccc2C1=O. The number of carbonyl (C=O) groups is 2. The molecule has 1 atom stereocenters. The number of aromatic nitrogens is 2. The molecule has 164 valence electrons. The van der Waals surface area contributed by atoms with Crippen LogP contribution < -0.4 is 10.3 Å². The van der Waals surface area contributed by atoms with E-state index >= 15 is 0 Å². The number of ether oxygens (including phenoxy) is 1. The van der Waals surface area contributed by atoms with E-state index < -0.39 is 6.04 Å². The van der Waals surface area contributed by atoms with Crippen LogP contribution in [0.25, 0.3) is 16.6 Å². The number of hydrogen-bond acceptors (Lipinski definition) is 5. The maximum Gasteiger partial charge on any atom is 0.266 e. The van der Waals surface area contributed by atoms with Gasteiger partial charge in [-0.2, -0.15) is 0 Å². The highest BCUT2D eigenvalue weighted by Gasteiger charge is 2.41. The number of para-hydroxylation sites is 1. The summed E-state index contributed by atoms with van der Waals surface area (Å²) in [6.07, 6.45) is 0.395. The highest BCUT2D eigenvalue weighted by Crippen LogP contribution is 2.33. The monoisotopic (exact) mass is 439 g/mol. The van der Waals surface area contributed by atoms with Gasteiger partial charge in [-0.1, -0.05) is 31.2 Å². The average Bonchev–Trinajstić information content (AvgIpc) is 3.10. The van der Waals surface area contributed by atoms with Crippen molar-refractivity contribution in [3.63, 3.8) is 0 Å². The Labute approximate surface area is 189 Å². The van der Waals surface area contributed by atoms with E-state index in [1.807, 2.05) is 6.92 Å². The van der Waals surface area contributed by atoms with Crippen molar-refractivity contribution in [1.29, 1.82) is 0 Å². The number of fused-ring (bicyclic) bond motifs is 2. The molecular weight excluding hydrogens is 418 g/mol. The van der Waals surface area contributed by atoms with E-state index in [1.54, 1.807) is 79.9 Å². The van der Waals surface area contributed by atoms with Crippen LogP contribution in [0, 0.1) is 0 Å². The number of benzene rings is 3. The van der Waals surface area contributed by atoms with E-state index in [0.29, 0.717) is 45.7 Å². The molecule has 0 spiro atoms. The van der Waals surface area contributed by atoms with Crippen molar-refractivity contribution in [2.24, 2.45) is 0 Å². The second-order valence-corrected chi connectivity index (χ2v) is 7.78. The molecule has 0 N–H and O–H groups in total. The van der Waals surface area contributed by atoms with Crippen LogP contribution in [0.2, 0.25) is 0 Å². The fourth-order valence-electron chi connectivity index (χ4n) is 4.33. The van der Waals surface area contributed by atoms with Crippen LogP contribution in [0.3, 0.4) is 0 Å². The highest BCUT2D eigenvalue weighted by atomic mass is 16.5. The Morgan fingerprint density at radius 2 is 1.45 bits per heavy atom. The summed E-state index contributed by atoms with van der Waals surface area (Å²) in [6, 6.07) is 20.1. The predicted molar refractivity (Wildman–Crippen MR) is 124 cm³/mol. The minimum atomic E-state index is -0.725. The van der Waals surface area contributed by atoms with Crippen LogP contribution >= 0.6 is 0 Å². The zero-order valence-electron chi connectivity index (χ0n) is 18.2. The number of imide groups is 1. The van der Waals surface area contributed by atoms with E-state index in [1.165, 1.54) is 9.47 Å². The van der Waals surface area contributed by atoms with Gasteiger partial charge >= 0.3 is 0 Å². The third kappa shape index (κ3) is 3.20. The Morgan fingerprint density at radius 3 is 2.06 bits per heavy atom. The van der Waals surface area contributed by atoms with Gasteiger partial charge in [-0.05, 0) is 55.0 Å². The number of rotatable bonds is 5. The first-order valence-corrected chi connectivity index (χ1v) is 10.7. The lowest BCUT2D eigenvalue weighted by Gasteiger charge is -2.27. The molecule has 2 amide bonds. The Morgan fingerprint density at radius 1 is 0.848 bits per heavy atom. The van der Waals surface area contributed by atoms with Crippen molar-refractivity contribution in [3.8, 4) is 11.4 Å². The van der Waals surface area contributed by atoms with Gasteiger partial charge in [0.05, 0.1) is 40.9 Å². The van der Waals surface area contributed by atoms with Gasteiger partial charge in [-0.3, -0.25) is 23.9 Å². The Bertz CT molecular complexity index is 1420. The summed E-state index contributed by atoms with van der Waals surface area (Å²) in [5.74, 6) is 0.215. The van der Waals surface area contributed by atoms with Crippen molar-refractivity contribution < 1.29 is 14.3 Å². The first-order chi connectivity index (χ1) is 16.0. The van der Waals surface area contributed by atoms with Crippen LogP contribution in [0.1, 0.15) is 45.9 Å². The third-order valence-corrected chi connectivity index (χ3v) is 5.95. The molecule has 7 nitrogen and oxygen atoms in total. The number of hydrogen-bond donors (Lipinski definition) is 0. The lowest BCUT2D eigenvalue weighted by atomic mass is 10.1. The molecule has 0 aliphatic carbocycles. The topological polar surface area (TPSA) is 81.5 Å². The molecule has 1 aliphatic heterocycles. The molecule has 1 aliphatic rings. The number of nitrogens with zero attached hydrogens (tertiary/aromatic N) is 3. The van der Waals surface area contributed by atoms with Gasteiger partial charge in [-0.15, -0.1) is 0 Å². The minimum absolute atomic E-state index is 0.268. The molecule has 0 saturated heterocycles. The molecule has 0 saturated carbocycles. The molecule has 0 radical (unpaired) electrons. The fourth-order valence-corrected chi connectivity index (χ4v) is 4.33. The number of methoxy groups -OCH3 is 1. The van der Waals surface area contributed by atoms with Crippen LogP contribution in [0.15, 0.2) is 77.6 Å². The summed E-state index contributed by atoms with van der Waals surface area (Å²) in [5, 5.41) is 0.453. The standard InChI is InChI=1S/C26H21N3O4/c1-3-22(29-24(30)18-8-4-5-9-19(18)25(29)31)23-27-21-11-7-6-10-20(21)26(32)28(23)16-12-14-17(33-2)15-13-16/h4-15,22H,3H2,1-2H3/t22-/m1/s1. The zero-order valence-corrected chi connectivity index (χ0v) is 18.2. The molecule has 5 rings (SSSR count). The summed E-state index contributed by atoms with van der Waals surface area (Å²) in [7, 11) is 1.57. The summed E-state index contributed by atoms with van der Waals surface area (Å²) in [5.41, 5.74) is 1.54. The molecule has 0 unspecified atom stereocenters. The molecule has 4 aromatic rings. The summed E-state index contributed by atoms with van der Waals surface area (Å²) in [6.45, 7) is 1.87. The highest BCUT2D eigenvalue weighted by molar-refractivity contribution is 6.21. The molecule has 0 bridgehead atoms. The zero-order chi connectivity index (χ0) is 23.1. The maximum atomic E-state index is 13.6. The lowest BCUT2D eigenvalue weighted by molar-refractivity contribution is 0.0568. The quantitative estimate of drug-likeness (QED) is 0.437. The van der Waals surface area contributed by atoms with Crippen LogP contribution in [-0.4, -0.2) is 33.4 Å². The van der Waals surface area contributed by atoms with E-state index in [2.05, 4.69) is 0 Å². The Balaban J connectivity index is 1.75. The second kappa shape index (κ2) is 8.02. The van der Waals surface area contributed by atoms with Gasteiger partial charge in [0.1, 0.15) is 11.6 Å². The fraction of sp³-hybridized carbons (Fsp3) is 0.154. The van der Waals surface area contributed by atoms with Crippen LogP contribution in [0.4, 0.5) is 0 Å². The van der Waals surface area contributed by atoms with Crippen molar-refractivity contribution in [2.45, 2.75) is 19.4 Å². The molecule has 7 heteroatoms. The van der Waals surface area contributed by atoms with Crippen molar-refractivity contribution in [2.75, 3.05) is 7.11 Å². The second-order valence-electron chi connectivity index (χ2n) is 7.78. The molecule has 0 fully saturated rings. The van der Waals surface area contributed by atoms with Gasteiger partial charge in [0.2, 0.25) is 0 Å². The third-order valence-electron chi connectivity index (χ3n) is 5.95. The molecule has 3 aromatic carbocycles. The van der Waals surface area contributed by atoms with Gasteiger partial charge in [0.15, 0.2) is 0 Å². The smallest absolute Gasteiger partial charge is 0.266 e. The number of carbonyl (C=O) groups excluding carboxylic acids is 2.